The number of halogens is 1. The van der Waals surface area contributed by atoms with Gasteiger partial charge < -0.3 is 14.6 Å². The molecule has 0 fully saturated rings. The zero-order valence-electron chi connectivity index (χ0n) is 19.0. The van der Waals surface area contributed by atoms with Crippen LogP contribution in [-0.2, 0) is 14.8 Å². The van der Waals surface area contributed by atoms with Gasteiger partial charge in [0.05, 0.1) is 30.5 Å². The maximum absolute atomic E-state index is 13.4. The normalized spacial score (nSPS) is 11.3. The number of hydrogen-bond acceptors (Lipinski definition) is 7. The van der Waals surface area contributed by atoms with Crippen LogP contribution in [0, 0.1) is 0 Å². The first-order valence-electron chi connectivity index (χ1n) is 10.4. The second-order valence-corrected chi connectivity index (χ2v) is 9.42. The number of carbonyl (C=O) groups is 1. The van der Waals surface area contributed by atoms with Gasteiger partial charge in [-0.3, -0.25) is 9.10 Å². The molecule has 3 aromatic rings. The number of carbonyl (C=O) groups excluding carboxylic acids is 1. The van der Waals surface area contributed by atoms with Crippen LogP contribution in [0.2, 0.25) is 5.02 Å². The van der Waals surface area contributed by atoms with Crippen molar-refractivity contribution in [1.29, 1.82) is 0 Å². The van der Waals surface area contributed by atoms with E-state index in [9.17, 15) is 18.3 Å². The maximum Gasteiger partial charge on any atom is 0.264 e. The molecule has 0 spiro atoms. The van der Waals surface area contributed by atoms with Gasteiger partial charge in [0.1, 0.15) is 12.3 Å². The van der Waals surface area contributed by atoms with Gasteiger partial charge in [-0.15, -0.1) is 0 Å². The molecule has 0 aliphatic carbocycles. The van der Waals surface area contributed by atoms with E-state index in [4.69, 9.17) is 21.1 Å². The predicted octanol–water partition coefficient (Wildman–Crippen LogP) is 3.80. The van der Waals surface area contributed by atoms with Crippen LogP contribution in [0.25, 0.3) is 0 Å². The largest absolute Gasteiger partial charge is 0.504 e. The van der Waals surface area contributed by atoms with Crippen LogP contribution >= 0.6 is 11.6 Å². The van der Waals surface area contributed by atoms with E-state index < -0.39 is 22.5 Å². The molecule has 0 unspecified atom stereocenters. The summed E-state index contributed by atoms with van der Waals surface area (Å²) in [5, 5.41) is 13.9. The Kier molecular flexibility index (Phi) is 8.56. The smallest absolute Gasteiger partial charge is 0.264 e. The molecule has 9 nitrogen and oxygen atoms in total. The maximum atomic E-state index is 13.4. The molecule has 0 aromatic heterocycles. The number of ether oxygens (including phenoxy) is 2. The van der Waals surface area contributed by atoms with Gasteiger partial charge in [-0.2, -0.15) is 5.10 Å². The van der Waals surface area contributed by atoms with E-state index in [-0.39, 0.29) is 22.1 Å². The van der Waals surface area contributed by atoms with E-state index in [1.807, 2.05) is 6.92 Å². The van der Waals surface area contributed by atoms with Crippen LogP contribution in [0.3, 0.4) is 0 Å². The summed E-state index contributed by atoms with van der Waals surface area (Å²) in [5.41, 5.74) is 3.15. The summed E-state index contributed by atoms with van der Waals surface area (Å²) in [5.74, 6) is 0.111. The molecule has 1 amide bonds. The number of hydrazone groups is 1. The number of methoxy groups -OCH3 is 1. The number of anilines is 1. The van der Waals surface area contributed by atoms with E-state index in [2.05, 4.69) is 10.5 Å². The first kappa shape index (κ1) is 25.9. The van der Waals surface area contributed by atoms with Crippen molar-refractivity contribution in [1.82, 2.24) is 5.43 Å². The fraction of sp³-hybridized carbons (Fsp3) is 0.167. The van der Waals surface area contributed by atoms with E-state index in [1.165, 1.54) is 49.7 Å². The lowest BCUT2D eigenvalue weighted by Crippen LogP contribution is -2.39. The number of aromatic hydroxyl groups is 1. The summed E-state index contributed by atoms with van der Waals surface area (Å²) in [4.78, 5) is 12.6. The van der Waals surface area contributed by atoms with Gasteiger partial charge in [-0.25, -0.2) is 13.8 Å². The average molecular weight is 518 g/mol. The summed E-state index contributed by atoms with van der Waals surface area (Å²) in [7, 11) is -2.69. The molecular formula is C24H24ClN3O6S. The Morgan fingerprint density at radius 2 is 1.80 bits per heavy atom. The van der Waals surface area contributed by atoms with Crippen LogP contribution in [0.1, 0.15) is 12.5 Å². The highest BCUT2D eigenvalue weighted by Crippen LogP contribution is 2.27. The number of nitrogens with one attached hydrogen (secondary N) is 1. The summed E-state index contributed by atoms with van der Waals surface area (Å²) in [6, 6.07) is 16.5. The molecule has 2 N–H and O–H groups in total. The third-order valence-electron chi connectivity index (χ3n) is 4.73. The number of amides is 1. The Labute approximate surface area is 208 Å². The Balaban J connectivity index is 1.83. The quantitative estimate of drug-likeness (QED) is 0.312. The highest BCUT2D eigenvalue weighted by atomic mass is 35.5. The molecule has 0 radical (unpaired) electrons. The molecule has 3 aromatic carbocycles. The predicted molar refractivity (Wildman–Crippen MR) is 134 cm³/mol. The van der Waals surface area contributed by atoms with Crippen LogP contribution in [-0.4, -0.2) is 45.9 Å². The van der Waals surface area contributed by atoms with Crippen molar-refractivity contribution < 1.29 is 27.8 Å². The van der Waals surface area contributed by atoms with Crippen molar-refractivity contribution in [2.24, 2.45) is 5.10 Å². The number of benzene rings is 3. The van der Waals surface area contributed by atoms with Gasteiger partial charge in [-0.1, -0.05) is 11.6 Å². The van der Waals surface area contributed by atoms with Gasteiger partial charge >= 0.3 is 0 Å². The highest BCUT2D eigenvalue weighted by molar-refractivity contribution is 7.92. The fourth-order valence-corrected chi connectivity index (χ4v) is 4.59. The molecule has 184 valence electrons. The molecule has 3 rings (SSSR count). The Morgan fingerprint density at radius 1 is 1.11 bits per heavy atom. The Morgan fingerprint density at radius 3 is 2.43 bits per heavy atom. The highest BCUT2D eigenvalue weighted by Gasteiger charge is 2.27. The lowest BCUT2D eigenvalue weighted by atomic mass is 10.2. The van der Waals surface area contributed by atoms with Crippen molar-refractivity contribution >= 4 is 39.4 Å². The Hall–Kier alpha value is -3.76. The second kappa shape index (κ2) is 11.6. The van der Waals surface area contributed by atoms with Gasteiger partial charge in [0.25, 0.3) is 15.9 Å². The number of sulfonamides is 1. The summed E-state index contributed by atoms with van der Waals surface area (Å²) in [6.45, 7) is 1.76. The first-order valence-corrected chi connectivity index (χ1v) is 12.3. The second-order valence-electron chi connectivity index (χ2n) is 7.12. The zero-order valence-corrected chi connectivity index (χ0v) is 20.6. The number of hydrogen-bond donors (Lipinski definition) is 2. The molecule has 0 aliphatic heterocycles. The molecule has 0 saturated carbocycles. The van der Waals surface area contributed by atoms with Crippen molar-refractivity contribution in [3.63, 3.8) is 0 Å². The SMILES string of the molecule is CCOc1ccc(N(CC(=O)N/N=C\c2ccc(O)c(OC)c2)S(=O)(=O)c2ccc(Cl)cc2)cc1. The molecule has 0 saturated heterocycles. The monoisotopic (exact) mass is 517 g/mol. The van der Waals surface area contributed by atoms with Crippen LogP contribution < -0.4 is 19.2 Å². The topological polar surface area (TPSA) is 118 Å². The standard InChI is InChI=1S/C24H24ClN3O6S/c1-3-34-20-9-7-19(8-10-20)28(35(31,32)21-11-5-18(25)6-12-21)16-24(30)27-26-15-17-4-13-22(29)23(14-17)33-2/h4-15,29H,3,16H2,1-2H3,(H,27,30)/b26-15-. The van der Waals surface area contributed by atoms with Crippen LogP contribution in [0.5, 0.6) is 17.2 Å². The molecule has 0 atom stereocenters. The minimum Gasteiger partial charge on any atom is -0.504 e. The third-order valence-corrected chi connectivity index (χ3v) is 6.77. The molecule has 0 bridgehead atoms. The fourth-order valence-electron chi connectivity index (χ4n) is 3.04. The molecule has 35 heavy (non-hydrogen) atoms. The average Bonchev–Trinajstić information content (AvgIpc) is 2.84. The Bertz CT molecular complexity index is 1300. The number of nitrogens with zero attached hydrogens (tertiary/aromatic N) is 2. The van der Waals surface area contributed by atoms with E-state index >= 15 is 0 Å². The van der Waals surface area contributed by atoms with Gasteiger partial charge in [-0.05, 0) is 79.2 Å². The summed E-state index contributed by atoms with van der Waals surface area (Å²) < 4.78 is 38.2. The third kappa shape index (κ3) is 6.65. The van der Waals surface area contributed by atoms with Gasteiger partial charge in [0.15, 0.2) is 11.5 Å². The van der Waals surface area contributed by atoms with Crippen molar-refractivity contribution in [2.45, 2.75) is 11.8 Å². The summed E-state index contributed by atoms with van der Waals surface area (Å²) in [6.07, 6.45) is 1.34. The van der Waals surface area contributed by atoms with Crippen LogP contribution in [0.15, 0.2) is 76.7 Å². The lowest BCUT2D eigenvalue weighted by molar-refractivity contribution is -0.119. The first-order chi connectivity index (χ1) is 16.7. The molecule has 11 heteroatoms. The van der Waals surface area contributed by atoms with Crippen molar-refractivity contribution in [3.05, 3.63) is 77.3 Å². The van der Waals surface area contributed by atoms with E-state index in [0.29, 0.717) is 22.9 Å². The van der Waals surface area contributed by atoms with Gasteiger partial charge in [0.2, 0.25) is 0 Å². The molecule has 0 aliphatic rings. The van der Waals surface area contributed by atoms with E-state index in [0.717, 1.165) is 4.31 Å². The number of phenolic OH excluding ortho intramolecular Hbond substituents is 1. The van der Waals surface area contributed by atoms with Crippen molar-refractivity contribution in [2.75, 3.05) is 24.6 Å². The minimum atomic E-state index is -4.11. The minimum absolute atomic E-state index is 0.0247. The molecular weight excluding hydrogens is 494 g/mol. The van der Waals surface area contributed by atoms with E-state index in [1.54, 1.807) is 30.3 Å². The zero-order chi connectivity index (χ0) is 25.4. The lowest BCUT2D eigenvalue weighted by Gasteiger charge is -2.24. The summed E-state index contributed by atoms with van der Waals surface area (Å²) >= 11 is 5.90. The van der Waals surface area contributed by atoms with Crippen molar-refractivity contribution in [3.8, 4) is 17.2 Å². The number of phenols is 1. The molecule has 0 heterocycles. The number of rotatable bonds is 10. The van der Waals surface area contributed by atoms with Crippen LogP contribution in [0.4, 0.5) is 5.69 Å². The van der Waals surface area contributed by atoms with Gasteiger partial charge in [0, 0.05) is 5.02 Å².